The standard InChI is InChI=1S/C14H12N4OS/c1-2-4-10-6-16-11(5-9(10)3-1)14-17-13(18-19-14)12-7-15-8-20-12/h1-4,7-8,11,16H,5-6H2/t11-/m0/s1. The summed E-state index contributed by atoms with van der Waals surface area (Å²) in [5.41, 5.74) is 4.44. The molecule has 3 heterocycles. The predicted octanol–water partition coefficient (Wildman–Crippen LogP) is 2.58. The van der Waals surface area contributed by atoms with Crippen LogP contribution in [-0.2, 0) is 13.0 Å². The Bertz CT molecular complexity index is 722. The Balaban J connectivity index is 1.60. The summed E-state index contributed by atoms with van der Waals surface area (Å²) in [6.45, 7) is 0.832. The lowest BCUT2D eigenvalue weighted by Gasteiger charge is -2.23. The van der Waals surface area contributed by atoms with Crippen LogP contribution < -0.4 is 5.32 Å². The minimum atomic E-state index is 0.0825. The highest BCUT2D eigenvalue weighted by atomic mass is 32.1. The summed E-state index contributed by atoms with van der Waals surface area (Å²) in [6, 6.07) is 8.52. The van der Waals surface area contributed by atoms with E-state index in [2.05, 4.69) is 44.7 Å². The van der Waals surface area contributed by atoms with Crippen molar-refractivity contribution < 1.29 is 4.52 Å². The van der Waals surface area contributed by atoms with Gasteiger partial charge >= 0.3 is 0 Å². The molecular formula is C14H12N4OS. The van der Waals surface area contributed by atoms with E-state index in [9.17, 15) is 0 Å². The SMILES string of the molecule is c1ccc2c(c1)CN[C@H](c1nc(-c3cncs3)no1)C2. The number of nitrogens with one attached hydrogen (secondary N) is 1. The number of rotatable bonds is 2. The molecule has 1 N–H and O–H groups in total. The third-order valence-corrected chi connectivity index (χ3v) is 4.24. The molecule has 0 bridgehead atoms. The van der Waals surface area contributed by atoms with E-state index >= 15 is 0 Å². The van der Waals surface area contributed by atoms with Crippen LogP contribution in [0.2, 0.25) is 0 Å². The number of nitrogens with zero attached hydrogens (tertiary/aromatic N) is 3. The average Bonchev–Trinajstić information content (AvgIpc) is 3.17. The number of thiazole rings is 1. The second kappa shape index (κ2) is 4.81. The number of benzene rings is 1. The molecule has 0 amide bonds. The van der Waals surface area contributed by atoms with Crippen molar-refractivity contribution in [2.75, 3.05) is 0 Å². The quantitative estimate of drug-likeness (QED) is 0.783. The number of hydrogen-bond acceptors (Lipinski definition) is 6. The molecule has 3 aromatic rings. The molecule has 0 radical (unpaired) electrons. The van der Waals surface area contributed by atoms with Crippen LogP contribution in [0.3, 0.4) is 0 Å². The largest absolute Gasteiger partial charge is 0.337 e. The molecule has 0 unspecified atom stereocenters. The van der Waals surface area contributed by atoms with Gasteiger partial charge in [0.15, 0.2) is 0 Å². The van der Waals surface area contributed by atoms with Crippen molar-refractivity contribution in [2.24, 2.45) is 0 Å². The van der Waals surface area contributed by atoms with Gasteiger partial charge in [-0.1, -0.05) is 29.4 Å². The van der Waals surface area contributed by atoms with E-state index in [1.165, 1.54) is 22.5 Å². The van der Waals surface area contributed by atoms with Crippen LogP contribution >= 0.6 is 11.3 Å². The summed E-state index contributed by atoms with van der Waals surface area (Å²) in [5, 5.41) is 7.48. The summed E-state index contributed by atoms with van der Waals surface area (Å²) in [5.74, 6) is 1.26. The Morgan fingerprint density at radius 1 is 1.25 bits per heavy atom. The van der Waals surface area contributed by atoms with Gasteiger partial charge < -0.3 is 9.84 Å². The minimum absolute atomic E-state index is 0.0825. The molecule has 1 aliphatic rings. The highest BCUT2D eigenvalue weighted by Gasteiger charge is 2.24. The number of fused-ring (bicyclic) bond motifs is 1. The molecule has 1 atom stereocenters. The molecule has 2 aromatic heterocycles. The van der Waals surface area contributed by atoms with E-state index < -0.39 is 0 Å². The molecule has 5 nitrogen and oxygen atoms in total. The molecule has 1 aliphatic heterocycles. The average molecular weight is 284 g/mol. The first-order valence-corrected chi connectivity index (χ1v) is 7.31. The summed E-state index contributed by atoms with van der Waals surface area (Å²) in [7, 11) is 0. The second-order valence-electron chi connectivity index (χ2n) is 4.73. The summed E-state index contributed by atoms with van der Waals surface area (Å²) < 4.78 is 5.40. The molecule has 100 valence electrons. The van der Waals surface area contributed by atoms with Crippen molar-refractivity contribution in [1.29, 1.82) is 0 Å². The Kier molecular flexibility index (Phi) is 2.82. The van der Waals surface area contributed by atoms with Gasteiger partial charge in [-0.3, -0.25) is 4.98 Å². The van der Waals surface area contributed by atoms with Gasteiger partial charge in [0.05, 0.1) is 16.4 Å². The zero-order valence-corrected chi connectivity index (χ0v) is 11.4. The summed E-state index contributed by atoms with van der Waals surface area (Å²) >= 11 is 1.51. The van der Waals surface area contributed by atoms with E-state index in [4.69, 9.17) is 4.52 Å². The lowest BCUT2D eigenvalue weighted by atomic mass is 9.96. The highest BCUT2D eigenvalue weighted by molar-refractivity contribution is 7.13. The maximum atomic E-state index is 5.40. The van der Waals surface area contributed by atoms with Crippen LogP contribution in [-0.4, -0.2) is 15.1 Å². The molecule has 20 heavy (non-hydrogen) atoms. The fourth-order valence-corrected chi connectivity index (χ4v) is 2.98. The molecular weight excluding hydrogens is 272 g/mol. The fourth-order valence-electron chi connectivity index (χ4n) is 2.43. The van der Waals surface area contributed by atoms with Gasteiger partial charge in [-0.15, -0.1) is 11.3 Å². The van der Waals surface area contributed by atoms with Crippen LogP contribution in [0.5, 0.6) is 0 Å². The van der Waals surface area contributed by atoms with E-state index in [0.29, 0.717) is 11.7 Å². The second-order valence-corrected chi connectivity index (χ2v) is 5.61. The monoisotopic (exact) mass is 284 g/mol. The Morgan fingerprint density at radius 2 is 2.15 bits per heavy atom. The van der Waals surface area contributed by atoms with Crippen molar-refractivity contribution in [1.82, 2.24) is 20.4 Å². The van der Waals surface area contributed by atoms with Gasteiger partial charge in [0.25, 0.3) is 0 Å². The number of hydrogen-bond donors (Lipinski definition) is 1. The minimum Gasteiger partial charge on any atom is -0.337 e. The zero-order chi connectivity index (χ0) is 13.4. The maximum Gasteiger partial charge on any atom is 0.244 e. The van der Waals surface area contributed by atoms with Crippen molar-refractivity contribution in [3.8, 4) is 10.7 Å². The van der Waals surface area contributed by atoms with Crippen molar-refractivity contribution in [3.05, 3.63) is 53.0 Å². The topological polar surface area (TPSA) is 63.8 Å². The molecule has 0 saturated heterocycles. The van der Waals surface area contributed by atoms with E-state index in [1.54, 1.807) is 11.7 Å². The van der Waals surface area contributed by atoms with Crippen molar-refractivity contribution in [3.63, 3.8) is 0 Å². The lowest BCUT2D eigenvalue weighted by Crippen LogP contribution is -2.28. The molecule has 6 heteroatoms. The van der Waals surface area contributed by atoms with Crippen LogP contribution in [0, 0.1) is 0 Å². The zero-order valence-electron chi connectivity index (χ0n) is 10.6. The molecule has 0 saturated carbocycles. The summed E-state index contributed by atoms with van der Waals surface area (Å²) in [4.78, 5) is 9.44. The fraction of sp³-hybridized carbons (Fsp3) is 0.214. The van der Waals surface area contributed by atoms with Gasteiger partial charge in [0, 0.05) is 12.7 Å². The Morgan fingerprint density at radius 3 is 3.00 bits per heavy atom. The van der Waals surface area contributed by atoms with Gasteiger partial charge in [0.1, 0.15) is 0 Å². The molecule has 0 fully saturated rings. The lowest BCUT2D eigenvalue weighted by molar-refractivity contribution is 0.321. The smallest absolute Gasteiger partial charge is 0.244 e. The van der Waals surface area contributed by atoms with E-state index in [0.717, 1.165) is 17.8 Å². The third kappa shape index (κ3) is 2.03. The van der Waals surface area contributed by atoms with Crippen LogP contribution in [0.4, 0.5) is 0 Å². The first-order valence-electron chi connectivity index (χ1n) is 6.43. The van der Waals surface area contributed by atoms with Crippen molar-refractivity contribution in [2.45, 2.75) is 19.0 Å². The normalized spacial score (nSPS) is 17.9. The third-order valence-electron chi connectivity index (χ3n) is 3.47. The van der Waals surface area contributed by atoms with Gasteiger partial charge in [0.2, 0.25) is 11.7 Å². The predicted molar refractivity (Wildman–Crippen MR) is 75.1 cm³/mol. The Labute approximate surface area is 119 Å². The van der Waals surface area contributed by atoms with Crippen LogP contribution in [0.15, 0.2) is 40.5 Å². The van der Waals surface area contributed by atoms with Gasteiger partial charge in [-0.2, -0.15) is 4.98 Å². The maximum absolute atomic E-state index is 5.40. The molecule has 4 rings (SSSR count). The van der Waals surface area contributed by atoms with Crippen molar-refractivity contribution >= 4 is 11.3 Å². The van der Waals surface area contributed by atoms with Crippen LogP contribution in [0.1, 0.15) is 23.1 Å². The Hall–Kier alpha value is -2.05. The van der Waals surface area contributed by atoms with Crippen LogP contribution in [0.25, 0.3) is 10.7 Å². The molecule has 1 aromatic carbocycles. The first-order chi connectivity index (χ1) is 9.90. The van der Waals surface area contributed by atoms with Gasteiger partial charge in [-0.05, 0) is 17.5 Å². The molecule has 0 aliphatic carbocycles. The summed E-state index contributed by atoms with van der Waals surface area (Å²) in [6.07, 6.45) is 2.63. The van der Waals surface area contributed by atoms with Gasteiger partial charge in [-0.25, -0.2) is 0 Å². The molecule has 0 spiro atoms. The van der Waals surface area contributed by atoms with E-state index in [1.807, 2.05) is 0 Å². The van der Waals surface area contributed by atoms with E-state index in [-0.39, 0.29) is 6.04 Å². The number of aromatic nitrogens is 3. The highest BCUT2D eigenvalue weighted by Crippen LogP contribution is 2.27. The first kappa shape index (κ1) is 11.7.